The Morgan fingerprint density at radius 3 is 1.42 bits per heavy atom. The maximum atomic E-state index is 12.0. The highest BCUT2D eigenvalue weighted by atomic mass is 19.4. The maximum absolute atomic E-state index is 12.0. The van der Waals surface area contributed by atoms with Crippen molar-refractivity contribution in [3.8, 4) is 46.3 Å². The summed E-state index contributed by atoms with van der Waals surface area (Å²) < 4.78 is 76.6. The molecule has 328 valence electrons. The van der Waals surface area contributed by atoms with Gasteiger partial charge in [-0.3, -0.25) is 4.79 Å². The third-order valence-electron chi connectivity index (χ3n) is 8.05. The molecule has 0 saturated heterocycles. The summed E-state index contributed by atoms with van der Waals surface area (Å²) in [6.45, 7) is 2.77. The van der Waals surface area contributed by atoms with Gasteiger partial charge in [-0.25, -0.2) is 13.2 Å². The summed E-state index contributed by atoms with van der Waals surface area (Å²) >= 11 is 0. The van der Waals surface area contributed by atoms with Crippen molar-refractivity contribution in [2.24, 2.45) is 0 Å². The van der Waals surface area contributed by atoms with Crippen molar-refractivity contribution in [1.82, 2.24) is 0 Å². The summed E-state index contributed by atoms with van der Waals surface area (Å²) in [5, 5.41) is 71.3. The van der Waals surface area contributed by atoms with Crippen LogP contribution in [0.25, 0.3) is 0 Å². The Bertz CT molecular complexity index is 2180. The van der Waals surface area contributed by atoms with E-state index >= 15 is 0 Å². The number of hydrogen-bond donors (Lipinski definition) is 0. The van der Waals surface area contributed by atoms with Gasteiger partial charge in [0, 0.05) is 13.0 Å². The van der Waals surface area contributed by atoms with Gasteiger partial charge in [0.25, 0.3) is 0 Å². The van der Waals surface area contributed by atoms with Gasteiger partial charge in [-0.15, -0.1) is 34.5 Å². The van der Waals surface area contributed by atoms with Crippen molar-refractivity contribution in [1.29, 1.82) is 5.26 Å². The van der Waals surface area contributed by atoms with Crippen LogP contribution in [0.3, 0.4) is 0 Å². The number of ether oxygens (including phenoxy) is 1. The van der Waals surface area contributed by atoms with Crippen LogP contribution in [0, 0.1) is 35.7 Å². The first kappa shape index (κ1) is 50.8. The number of esters is 1. The maximum Gasteiger partial charge on any atom is 0.416 e. The van der Waals surface area contributed by atoms with E-state index in [2.05, 4.69) is 0 Å². The lowest BCUT2D eigenvalue weighted by atomic mass is 9.84. The summed E-state index contributed by atoms with van der Waals surface area (Å²) in [7, 11) is 0. The normalized spacial score (nSPS) is 11.6. The van der Waals surface area contributed by atoms with E-state index in [1.165, 1.54) is 112 Å². The molecule has 1 aliphatic carbocycles. The van der Waals surface area contributed by atoms with Crippen LogP contribution in [-0.4, -0.2) is 5.97 Å². The lowest BCUT2D eigenvalue weighted by Crippen LogP contribution is -2.06. The number of rotatable bonds is 2. The van der Waals surface area contributed by atoms with Gasteiger partial charge in [-0.2, -0.15) is 18.4 Å². The Balaban J connectivity index is 0.000000258. The van der Waals surface area contributed by atoms with Gasteiger partial charge < -0.3 is 35.4 Å². The molecular weight excluding hydrogens is 821 g/mol. The summed E-state index contributed by atoms with van der Waals surface area (Å²) in [6, 6.07) is 30.1. The lowest BCUT2D eigenvalue weighted by molar-refractivity contribution is -0.269. The lowest BCUT2D eigenvalue weighted by Gasteiger charge is -2.22. The number of halogens is 6. The molecule has 62 heavy (non-hydrogen) atoms. The molecule has 1 aliphatic rings. The topological polar surface area (TPSA) is 188 Å². The predicted octanol–water partition coefficient (Wildman–Crippen LogP) is 8.15. The van der Waals surface area contributed by atoms with E-state index in [9.17, 15) is 61.8 Å². The van der Waals surface area contributed by atoms with Crippen molar-refractivity contribution < 1.29 is 66.5 Å². The molecule has 1 saturated carbocycles. The van der Waals surface area contributed by atoms with Crippen molar-refractivity contribution >= 4 is 5.97 Å². The summed E-state index contributed by atoms with van der Waals surface area (Å²) in [6.07, 6.45) is 2.27. The fourth-order valence-corrected chi connectivity index (χ4v) is 5.25. The largest absolute Gasteiger partial charge is 0.872 e. The van der Waals surface area contributed by atoms with E-state index in [0.717, 1.165) is 36.4 Å². The van der Waals surface area contributed by atoms with E-state index < -0.39 is 34.9 Å². The second-order valence-electron chi connectivity index (χ2n) is 13.2. The number of benzene rings is 6. The smallest absolute Gasteiger partial charge is 0.416 e. The molecule has 0 radical (unpaired) electrons. The SMILES string of the molecule is CC(=O)Oc1ccc([O-])cc1.Cc1cc([O-])cc(C(F)(F)F)c1.N#Cc1ccc([O-])cc1.[O-]c1cc(F)cc(F)c1.[O-]c1ccc(C2CCCCC2)cc1.[O-]c1ccc(F)cc1. The Morgan fingerprint density at radius 2 is 1.02 bits per heavy atom. The fourth-order valence-electron chi connectivity index (χ4n) is 5.25. The molecule has 9 nitrogen and oxygen atoms in total. The fraction of sp³-hybridized carbons (Fsp3) is 0.191. The van der Waals surface area contributed by atoms with E-state index in [-0.39, 0.29) is 34.8 Å². The van der Waals surface area contributed by atoms with Crippen LogP contribution in [0.4, 0.5) is 26.3 Å². The van der Waals surface area contributed by atoms with Gasteiger partial charge in [0.05, 0.1) is 17.2 Å². The monoisotopic (exact) mass is 859 g/mol. The summed E-state index contributed by atoms with van der Waals surface area (Å²) in [4.78, 5) is 10.4. The third-order valence-corrected chi connectivity index (χ3v) is 8.05. The minimum absolute atomic E-state index is 0.0611. The number of nitriles is 1. The van der Waals surface area contributed by atoms with Gasteiger partial charge in [0.2, 0.25) is 0 Å². The number of carbonyl (C=O) groups excluding carboxylic acids is 1. The summed E-state index contributed by atoms with van der Waals surface area (Å²) in [5.74, 6) is -2.75. The van der Waals surface area contributed by atoms with Crippen molar-refractivity contribution in [3.05, 3.63) is 173 Å². The third kappa shape index (κ3) is 21.6. The van der Waals surface area contributed by atoms with Gasteiger partial charge in [-0.1, -0.05) is 97.6 Å². The predicted molar refractivity (Wildman–Crippen MR) is 207 cm³/mol. The molecule has 0 spiro atoms. The van der Waals surface area contributed by atoms with Crippen LogP contribution >= 0.6 is 0 Å². The molecule has 6 aromatic carbocycles. The van der Waals surface area contributed by atoms with Crippen LogP contribution in [0.5, 0.6) is 40.2 Å². The number of carbonyl (C=O) groups is 1. The molecule has 0 bridgehead atoms. The van der Waals surface area contributed by atoms with E-state index in [1.54, 1.807) is 12.1 Å². The Labute approximate surface area is 354 Å². The van der Waals surface area contributed by atoms with Crippen molar-refractivity contribution in [2.45, 2.75) is 58.0 Å². The van der Waals surface area contributed by atoms with Gasteiger partial charge >= 0.3 is 12.1 Å². The highest BCUT2D eigenvalue weighted by Crippen LogP contribution is 2.33. The zero-order chi connectivity index (χ0) is 46.2. The van der Waals surface area contributed by atoms with Gasteiger partial charge in [0.15, 0.2) is 0 Å². The molecule has 0 N–H and O–H groups in total. The first-order valence-corrected chi connectivity index (χ1v) is 18.5. The number of alkyl halides is 3. The first-order valence-electron chi connectivity index (χ1n) is 18.5. The van der Waals surface area contributed by atoms with Crippen LogP contribution in [0.1, 0.15) is 67.2 Å². The number of hydrogen-bond acceptors (Lipinski definition) is 9. The van der Waals surface area contributed by atoms with Crippen LogP contribution < -0.4 is 35.4 Å². The van der Waals surface area contributed by atoms with Gasteiger partial charge in [0.1, 0.15) is 23.2 Å². The van der Waals surface area contributed by atoms with E-state index in [4.69, 9.17) is 10.00 Å². The zero-order valence-corrected chi connectivity index (χ0v) is 33.3. The zero-order valence-electron chi connectivity index (χ0n) is 33.3. The Hall–Kier alpha value is -7.34. The van der Waals surface area contributed by atoms with Crippen LogP contribution in [0.15, 0.2) is 133 Å². The molecule has 0 atom stereocenters. The van der Waals surface area contributed by atoms with Crippen LogP contribution in [-0.2, 0) is 11.0 Å². The van der Waals surface area contributed by atoms with E-state index in [1.807, 2.05) is 18.2 Å². The Kier molecular flexibility index (Phi) is 21.3. The second-order valence-corrected chi connectivity index (χ2v) is 13.2. The molecule has 15 heteroatoms. The van der Waals surface area contributed by atoms with Crippen LogP contribution in [0.2, 0.25) is 0 Å². The van der Waals surface area contributed by atoms with Crippen molar-refractivity contribution in [3.63, 3.8) is 0 Å². The molecule has 0 heterocycles. The average molecular weight is 860 g/mol. The molecular formula is C47H39F6NO8-6. The van der Waals surface area contributed by atoms with E-state index in [0.29, 0.717) is 34.9 Å². The molecule has 0 amide bonds. The van der Waals surface area contributed by atoms with Crippen molar-refractivity contribution in [2.75, 3.05) is 0 Å². The number of nitrogens with zero attached hydrogens (tertiary/aromatic N) is 1. The molecule has 1 fully saturated rings. The number of aryl methyl sites for hydroxylation is 1. The quantitative estimate of drug-likeness (QED) is 0.0940. The molecule has 0 aromatic heterocycles. The standard InChI is InChI=1S/C12H16O.C8H7F3O.C8H8O3.C7H5NO.C6H4F2O.C6H5FO/c13-12-8-6-11(7-9-12)10-4-2-1-3-5-10;1-5-2-6(8(9,10)11)4-7(12)3-5;1-6(9)11-8-4-2-7(10)3-5-8;8-5-6-1-3-7(9)4-2-6;7-4-1-5(8)3-6(9)2-4;7-5-1-3-6(8)4-2-5/h6-10,13H,1-5H2;2-4,12H,1H3;2-5,10H,1H3;1-4,9H;1-3,9H;1-4,8H/p-6. The highest BCUT2D eigenvalue weighted by Gasteiger charge is 2.30. The molecule has 0 aliphatic heterocycles. The second kappa shape index (κ2) is 26.0. The summed E-state index contributed by atoms with van der Waals surface area (Å²) in [5.41, 5.74) is 1.33. The Morgan fingerprint density at radius 1 is 0.581 bits per heavy atom. The minimum Gasteiger partial charge on any atom is -0.872 e. The minimum atomic E-state index is -4.43. The van der Waals surface area contributed by atoms with Gasteiger partial charge in [-0.05, 0) is 85.8 Å². The average Bonchev–Trinajstić information content (AvgIpc) is 3.21. The molecule has 6 aromatic rings. The molecule has 7 rings (SSSR count). The molecule has 0 unspecified atom stereocenters. The first-order chi connectivity index (χ1) is 29.2. The highest BCUT2D eigenvalue weighted by molar-refractivity contribution is 5.69.